The zero-order valence-electron chi connectivity index (χ0n) is 18.2. The topological polar surface area (TPSA) is 34.1 Å². The van der Waals surface area contributed by atoms with Crippen molar-refractivity contribution in [3.8, 4) is 0 Å². The van der Waals surface area contributed by atoms with Crippen LogP contribution in [0.2, 0.25) is 0 Å². The fourth-order valence-electron chi connectivity index (χ4n) is 3.28. The lowest BCUT2D eigenvalue weighted by Crippen LogP contribution is -1.97. The number of unbranched alkanes of at least 4 members (excludes halogenated alkanes) is 8. The van der Waals surface area contributed by atoms with Gasteiger partial charge in [0.15, 0.2) is 0 Å². The van der Waals surface area contributed by atoms with Crippen molar-refractivity contribution in [3.05, 3.63) is 11.6 Å². The summed E-state index contributed by atoms with van der Waals surface area (Å²) in [5.41, 5.74) is 0. The molecule has 4 heteroatoms. The fraction of sp³-hybridized carbons (Fsp3) is 0.909. The maximum Gasteiger partial charge on any atom is 0.108 e. The highest BCUT2D eigenvalue weighted by Crippen LogP contribution is 2.56. The summed E-state index contributed by atoms with van der Waals surface area (Å²) in [5.74, 6) is 3.91. The van der Waals surface area contributed by atoms with Gasteiger partial charge in [-0.05, 0) is 37.3 Å². The molecule has 0 radical (unpaired) electrons. The van der Waals surface area contributed by atoms with Crippen molar-refractivity contribution in [2.24, 2.45) is 0 Å². The number of rotatable bonds is 18. The van der Waals surface area contributed by atoms with Crippen LogP contribution in [0.15, 0.2) is 11.6 Å². The van der Waals surface area contributed by atoms with Crippen LogP contribution < -0.4 is 0 Å². The molecule has 0 rings (SSSR count). The summed E-state index contributed by atoms with van der Waals surface area (Å²) in [6.07, 6.45) is 16.6. The first kappa shape index (κ1) is 26.2. The Balaban J connectivity index is 5.07. The van der Waals surface area contributed by atoms with E-state index in [-0.39, 0.29) is 0 Å². The van der Waals surface area contributed by atoms with Crippen molar-refractivity contribution in [1.29, 1.82) is 0 Å². The van der Waals surface area contributed by atoms with Gasteiger partial charge < -0.3 is 9.13 Å². The van der Waals surface area contributed by atoms with E-state index < -0.39 is 14.3 Å². The first-order valence-electron chi connectivity index (χ1n) is 11.3. The summed E-state index contributed by atoms with van der Waals surface area (Å²) in [5, 5.41) is 0. The lowest BCUT2D eigenvalue weighted by Gasteiger charge is -2.18. The van der Waals surface area contributed by atoms with Gasteiger partial charge in [-0.2, -0.15) is 0 Å². The van der Waals surface area contributed by atoms with Crippen LogP contribution in [0.1, 0.15) is 105 Å². The highest BCUT2D eigenvalue weighted by Gasteiger charge is 2.22. The van der Waals surface area contributed by atoms with Crippen LogP contribution in [0.3, 0.4) is 0 Å². The molecule has 0 heterocycles. The minimum Gasteiger partial charge on any atom is -0.319 e. The minimum atomic E-state index is -2.31. The van der Waals surface area contributed by atoms with E-state index >= 15 is 0 Å². The van der Waals surface area contributed by atoms with Crippen LogP contribution in [0.5, 0.6) is 0 Å². The van der Waals surface area contributed by atoms with Gasteiger partial charge in [-0.1, -0.05) is 79.1 Å². The average Bonchev–Trinajstić information content (AvgIpc) is 2.61. The molecule has 0 aliphatic heterocycles. The van der Waals surface area contributed by atoms with Crippen LogP contribution in [0, 0.1) is 0 Å². The molecule has 0 atom stereocenters. The Labute approximate surface area is 164 Å². The highest BCUT2D eigenvalue weighted by atomic mass is 31.2. The minimum absolute atomic E-state index is 0.810. The number of hydrogen-bond donors (Lipinski definition) is 0. The SMILES string of the molecule is CCCCCP(=O)(/C=C/P(=O)(CCCCC)CCCCC)CCCCC. The van der Waals surface area contributed by atoms with E-state index in [9.17, 15) is 9.13 Å². The molecule has 0 spiro atoms. The third-order valence-electron chi connectivity index (χ3n) is 5.17. The molecule has 0 saturated heterocycles. The largest absolute Gasteiger partial charge is 0.319 e. The molecular weight excluding hydrogens is 358 g/mol. The molecule has 2 nitrogen and oxygen atoms in total. The van der Waals surface area contributed by atoms with E-state index in [1.165, 1.54) is 0 Å². The highest BCUT2D eigenvalue weighted by molar-refractivity contribution is 7.70. The van der Waals surface area contributed by atoms with Crippen molar-refractivity contribution in [3.63, 3.8) is 0 Å². The summed E-state index contributed by atoms with van der Waals surface area (Å²) >= 11 is 0. The normalized spacial score (nSPS) is 12.9. The van der Waals surface area contributed by atoms with Crippen LogP contribution >= 0.6 is 14.3 Å². The Bertz CT molecular complexity index is 375. The first-order chi connectivity index (χ1) is 12.4. The van der Waals surface area contributed by atoms with Crippen molar-refractivity contribution in [1.82, 2.24) is 0 Å². The first-order valence-corrected chi connectivity index (χ1v) is 15.6. The maximum atomic E-state index is 13.5. The van der Waals surface area contributed by atoms with E-state index in [0.717, 1.165) is 102 Å². The molecule has 0 aromatic rings. The van der Waals surface area contributed by atoms with Crippen LogP contribution in [0.4, 0.5) is 0 Å². The molecule has 0 aliphatic carbocycles. The van der Waals surface area contributed by atoms with Gasteiger partial charge in [0.25, 0.3) is 0 Å². The van der Waals surface area contributed by atoms with Gasteiger partial charge in [-0.3, -0.25) is 0 Å². The Morgan fingerprint density at radius 2 is 0.692 bits per heavy atom. The summed E-state index contributed by atoms with van der Waals surface area (Å²) in [6, 6.07) is 0. The van der Waals surface area contributed by atoms with Gasteiger partial charge >= 0.3 is 0 Å². The summed E-state index contributed by atoms with van der Waals surface area (Å²) < 4.78 is 26.9. The zero-order valence-corrected chi connectivity index (χ0v) is 20.0. The lowest BCUT2D eigenvalue weighted by molar-refractivity contribution is 0.571. The Morgan fingerprint density at radius 3 is 0.885 bits per heavy atom. The second-order valence-electron chi connectivity index (χ2n) is 7.93. The maximum absolute atomic E-state index is 13.5. The smallest absolute Gasteiger partial charge is 0.108 e. The van der Waals surface area contributed by atoms with Crippen LogP contribution in [-0.4, -0.2) is 24.6 Å². The van der Waals surface area contributed by atoms with E-state index in [0.29, 0.717) is 0 Å². The van der Waals surface area contributed by atoms with E-state index in [2.05, 4.69) is 27.7 Å². The second-order valence-corrected chi connectivity index (χ2v) is 14.1. The van der Waals surface area contributed by atoms with Gasteiger partial charge in [0.2, 0.25) is 0 Å². The van der Waals surface area contributed by atoms with Gasteiger partial charge in [0, 0.05) is 24.6 Å². The molecule has 0 aliphatic rings. The Kier molecular flexibility index (Phi) is 16.3. The molecule has 0 amide bonds. The zero-order chi connectivity index (χ0) is 19.7. The summed E-state index contributed by atoms with van der Waals surface area (Å²) in [7, 11) is -4.61. The third kappa shape index (κ3) is 13.4. The predicted molar refractivity (Wildman–Crippen MR) is 122 cm³/mol. The summed E-state index contributed by atoms with van der Waals surface area (Å²) in [6.45, 7) is 8.75. The number of hydrogen-bond acceptors (Lipinski definition) is 2. The van der Waals surface area contributed by atoms with Gasteiger partial charge in [-0.25, -0.2) is 0 Å². The van der Waals surface area contributed by atoms with E-state index in [1.54, 1.807) is 0 Å². The van der Waals surface area contributed by atoms with Crippen molar-refractivity contribution >= 4 is 14.3 Å². The lowest BCUT2D eigenvalue weighted by atomic mass is 10.3. The van der Waals surface area contributed by atoms with E-state index in [4.69, 9.17) is 0 Å². The molecule has 156 valence electrons. The fourth-order valence-corrected chi connectivity index (χ4v) is 9.31. The van der Waals surface area contributed by atoms with Crippen molar-refractivity contribution < 1.29 is 9.13 Å². The molecule has 0 N–H and O–H groups in total. The van der Waals surface area contributed by atoms with Crippen LogP contribution in [0.25, 0.3) is 0 Å². The molecule has 0 aromatic carbocycles. The van der Waals surface area contributed by atoms with Gasteiger partial charge in [0.05, 0.1) is 0 Å². The molecule has 0 bridgehead atoms. The van der Waals surface area contributed by atoms with Crippen LogP contribution in [-0.2, 0) is 9.13 Å². The molecule has 0 saturated carbocycles. The average molecular weight is 405 g/mol. The van der Waals surface area contributed by atoms with Gasteiger partial charge in [0.1, 0.15) is 14.3 Å². The quantitative estimate of drug-likeness (QED) is 0.169. The van der Waals surface area contributed by atoms with Crippen molar-refractivity contribution in [2.75, 3.05) is 24.6 Å². The monoisotopic (exact) mass is 404 g/mol. The van der Waals surface area contributed by atoms with Crippen molar-refractivity contribution in [2.45, 2.75) is 105 Å². The Morgan fingerprint density at radius 1 is 0.462 bits per heavy atom. The summed E-state index contributed by atoms with van der Waals surface area (Å²) in [4.78, 5) is 0. The molecule has 0 unspecified atom stereocenters. The third-order valence-corrected chi connectivity index (χ3v) is 11.1. The Hall–Kier alpha value is 0.200. The molecule has 26 heavy (non-hydrogen) atoms. The second kappa shape index (κ2) is 16.2. The van der Waals surface area contributed by atoms with Gasteiger partial charge in [-0.15, -0.1) is 0 Å². The molecule has 0 fully saturated rings. The van der Waals surface area contributed by atoms with E-state index in [1.807, 2.05) is 11.6 Å². The molecule has 0 aromatic heterocycles. The molecular formula is C22H46O2P2. The predicted octanol–water partition coefficient (Wildman–Crippen LogP) is 8.94. The standard InChI is InChI=1S/C22H46O2P2/c1-5-9-13-17-25(23,18-14-10-6-2)21-22-26(24,19-15-11-7-3)20-16-12-8-4/h21-22H,5-20H2,1-4H3/b22-21+.